The number of rotatable bonds is 8. The first-order chi connectivity index (χ1) is 15.6. The third-order valence-corrected chi connectivity index (χ3v) is 9.45. The Kier molecular flexibility index (Phi) is 6.28. The number of azide groups is 1. The molecule has 1 aromatic rings. The van der Waals surface area contributed by atoms with E-state index in [2.05, 4.69) is 10.0 Å². The van der Waals surface area contributed by atoms with E-state index in [-0.39, 0.29) is 36.4 Å². The molecule has 0 aromatic heterocycles. The SMILES string of the molecule is CC1(C)[C@H]2CC[C@]1(CS(=O)(=O)O[C@@H]1C[C@@H](COC(=O)c3ccccc3)C[C@H]1N=[N+]=[N-])C(=O)C2. The van der Waals surface area contributed by atoms with E-state index in [9.17, 15) is 18.0 Å². The lowest BCUT2D eigenvalue weighted by molar-refractivity contribution is -0.128. The summed E-state index contributed by atoms with van der Waals surface area (Å²) in [6, 6.07) is 7.88. The van der Waals surface area contributed by atoms with Crippen molar-refractivity contribution in [2.75, 3.05) is 12.4 Å². The minimum atomic E-state index is -4.06. The zero-order valence-electron chi connectivity index (χ0n) is 18.8. The number of benzene rings is 1. The third kappa shape index (κ3) is 4.39. The van der Waals surface area contributed by atoms with Crippen LogP contribution in [0.25, 0.3) is 10.4 Å². The van der Waals surface area contributed by atoms with Crippen molar-refractivity contribution in [3.63, 3.8) is 0 Å². The normalized spacial score (nSPS) is 32.5. The Bertz CT molecular complexity index is 1080. The van der Waals surface area contributed by atoms with E-state index in [1.54, 1.807) is 30.3 Å². The van der Waals surface area contributed by atoms with Crippen LogP contribution in [0.4, 0.5) is 0 Å². The van der Waals surface area contributed by atoms with E-state index in [4.69, 9.17) is 14.5 Å². The van der Waals surface area contributed by atoms with Gasteiger partial charge in [-0.05, 0) is 60.6 Å². The molecule has 0 spiro atoms. The van der Waals surface area contributed by atoms with Crippen molar-refractivity contribution >= 4 is 21.9 Å². The van der Waals surface area contributed by atoms with Crippen molar-refractivity contribution in [3.05, 3.63) is 46.3 Å². The summed E-state index contributed by atoms with van der Waals surface area (Å²) in [5.41, 5.74) is 8.05. The van der Waals surface area contributed by atoms with Gasteiger partial charge >= 0.3 is 5.97 Å². The second-order valence-electron chi connectivity index (χ2n) is 10.1. The predicted molar refractivity (Wildman–Crippen MR) is 120 cm³/mol. The lowest BCUT2D eigenvalue weighted by Crippen LogP contribution is -2.43. The van der Waals surface area contributed by atoms with E-state index in [0.717, 1.165) is 6.42 Å². The zero-order chi connectivity index (χ0) is 23.9. The fourth-order valence-electron chi connectivity index (χ4n) is 5.99. The maximum Gasteiger partial charge on any atom is 0.338 e. The van der Waals surface area contributed by atoms with Crippen LogP contribution in [-0.4, -0.2) is 44.7 Å². The minimum absolute atomic E-state index is 0.000330. The van der Waals surface area contributed by atoms with Crippen LogP contribution in [0.15, 0.2) is 35.4 Å². The Balaban J connectivity index is 1.41. The number of nitrogens with zero attached hydrogens (tertiary/aromatic N) is 3. The average Bonchev–Trinajstić information content (AvgIpc) is 3.30. The van der Waals surface area contributed by atoms with E-state index in [1.165, 1.54) is 0 Å². The number of esters is 1. The van der Waals surface area contributed by atoms with E-state index < -0.39 is 39.1 Å². The fourth-order valence-corrected chi connectivity index (χ4v) is 7.92. The standard InChI is InChI=1S/C23H29N3O6S/c1-22(2)17-8-9-23(22,20(27)12-17)14-33(29,30)32-19-11-15(10-18(19)25-26-24)13-31-21(28)16-6-4-3-5-7-16/h3-7,15,17-19H,8-14H2,1-2H3/t15-,17-,18+,19+,23-/m0/s1. The van der Waals surface area contributed by atoms with Crippen molar-refractivity contribution in [1.29, 1.82) is 0 Å². The van der Waals surface area contributed by atoms with Gasteiger partial charge in [0.25, 0.3) is 10.1 Å². The molecule has 5 atom stereocenters. The summed E-state index contributed by atoms with van der Waals surface area (Å²) in [6.07, 6.45) is 1.59. The Morgan fingerprint density at radius 1 is 1.24 bits per heavy atom. The molecule has 0 amide bonds. The Labute approximate surface area is 193 Å². The van der Waals surface area contributed by atoms with Crippen LogP contribution < -0.4 is 0 Å². The highest BCUT2D eigenvalue weighted by atomic mass is 32.2. The quantitative estimate of drug-likeness (QED) is 0.183. The predicted octanol–water partition coefficient (Wildman–Crippen LogP) is 4.04. The van der Waals surface area contributed by atoms with Gasteiger partial charge in [-0.2, -0.15) is 8.42 Å². The van der Waals surface area contributed by atoms with Crippen molar-refractivity contribution in [2.24, 2.45) is 27.8 Å². The molecule has 0 saturated heterocycles. The Hall–Kier alpha value is -2.42. The molecule has 3 fully saturated rings. The maximum absolute atomic E-state index is 13.1. The zero-order valence-corrected chi connectivity index (χ0v) is 19.7. The van der Waals surface area contributed by atoms with Crippen LogP contribution >= 0.6 is 0 Å². The Morgan fingerprint density at radius 3 is 2.58 bits per heavy atom. The lowest BCUT2D eigenvalue weighted by atomic mass is 9.70. The summed E-state index contributed by atoms with van der Waals surface area (Å²) < 4.78 is 37.1. The van der Waals surface area contributed by atoms with Gasteiger partial charge in [0.2, 0.25) is 0 Å². The smallest absolute Gasteiger partial charge is 0.338 e. The van der Waals surface area contributed by atoms with Crippen LogP contribution in [0.2, 0.25) is 0 Å². The molecule has 0 heterocycles. The van der Waals surface area contributed by atoms with Gasteiger partial charge in [0.15, 0.2) is 0 Å². The van der Waals surface area contributed by atoms with E-state index in [0.29, 0.717) is 24.8 Å². The van der Waals surface area contributed by atoms with Gasteiger partial charge in [-0.3, -0.25) is 8.98 Å². The second-order valence-corrected chi connectivity index (χ2v) is 11.7. The van der Waals surface area contributed by atoms with Crippen molar-refractivity contribution in [1.82, 2.24) is 0 Å². The molecule has 10 heteroatoms. The van der Waals surface area contributed by atoms with Gasteiger partial charge in [-0.1, -0.05) is 37.2 Å². The summed E-state index contributed by atoms with van der Waals surface area (Å²) >= 11 is 0. The number of ketones is 1. The van der Waals surface area contributed by atoms with Crippen molar-refractivity contribution in [3.8, 4) is 0 Å². The molecule has 33 heavy (non-hydrogen) atoms. The summed E-state index contributed by atoms with van der Waals surface area (Å²) in [7, 11) is -4.06. The van der Waals surface area contributed by atoms with Crippen LogP contribution in [0.3, 0.4) is 0 Å². The van der Waals surface area contributed by atoms with E-state index >= 15 is 0 Å². The van der Waals surface area contributed by atoms with Crippen LogP contribution in [0.1, 0.15) is 56.3 Å². The molecular weight excluding hydrogens is 446 g/mol. The molecule has 2 bridgehead atoms. The van der Waals surface area contributed by atoms with Gasteiger partial charge < -0.3 is 4.74 Å². The van der Waals surface area contributed by atoms with Crippen LogP contribution in [-0.2, 0) is 23.8 Å². The van der Waals surface area contributed by atoms with E-state index in [1.807, 2.05) is 13.8 Å². The third-order valence-electron chi connectivity index (χ3n) is 8.06. The molecule has 9 nitrogen and oxygen atoms in total. The van der Waals surface area contributed by atoms with Gasteiger partial charge in [0, 0.05) is 11.3 Å². The summed E-state index contributed by atoms with van der Waals surface area (Å²) in [4.78, 5) is 27.8. The molecular formula is C23H29N3O6S. The highest BCUT2D eigenvalue weighted by Crippen LogP contribution is 2.64. The minimum Gasteiger partial charge on any atom is -0.462 e. The van der Waals surface area contributed by atoms with Crippen molar-refractivity contribution in [2.45, 2.75) is 58.1 Å². The fraction of sp³-hybridized carbons (Fsp3) is 0.652. The maximum atomic E-state index is 13.1. The molecule has 178 valence electrons. The topological polar surface area (TPSA) is 136 Å². The number of fused-ring (bicyclic) bond motifs is 2. The molecule has 0 aliphatic heterocycles. The number of carbonyl (C=O) groups is 2. The molecule has 0 N–H and O–H groups in total. The molecule has 1 aromatic carbocycles. The number of hydrogen-bond donors (Lipinski definition) is 0. The van der Waals surface area contributed by atoms with Gasteiger partial charge in [0.1, 0.15) is 5.78 Å². The first kappa shape index (κ1) is 23.7. The van der Waals surface area contributed by atoms with Crippen molar-refractivity contribution < 1.29 is 26.9 Å². The monoisotopic (exact) mass is 475 g/mol. The molecule has 3 aliphatic carbocycles. The second kappa shape index (κ2) is 8.74. The lowest BCUT2D eigenvalue weighted by Gasteiger charge is -2.36. The van der Waals surface area contributed by atoms with Gasteiger partial charge in [-0.15, -0.1) is 0 Å². The Morgan fingerprint density at radius 2 is 1.97 bits per heavy atom. The number of ether oxygens (including phenoxy) is 1. The number of hydrogen-bond acceptors (Lipinski definition) is 7. The molecule has 3 aliphatic rings. The highest BCUT2D eigenvalue weighted by molar-refractivity contribution is 7.86. The summed E-state index contributed by atoms with van der Waals surface area (Å²) in [5.74, 6) is -0.821. The highest BCUT2D eigenvalue weighted by Gasteiger charge is 2.65. The molecule has 4 rings (SSSR count). The number of carbonyl (C=O) groups excluding carboxylic acids is 2. The average molecular weight is 476 g/mol. The molecule has 0 unspecified atom stereocenters. The molecule has 3 saturated carbocycles. The van der Waals surface area contributed by atoms with Crippen LogP contribution in [0.5, 0.6) is 0 Å². The first-order valence-corrected chi connectivity index (χ1v) is 12.9. The summed E-state index contributed by atoms with van der Waals surface area (Å²) in [6.45, 7) is 4.02. The largest absolute Gasteiger partial charge is 0.462 e. The number of Topliss-reactive ketones (excluding diaryl/α,β-unsaturated/α-hetero) is 1. The summed E-state index contributed by atoms with van der Waals surface area (Å²) in [5, 5.41) is 3.73. The van der Waals surface area contributed by atoms with Gasteiger partial charge in [-0.25, -0.2) is 4.79 Å². The van der Waals surface area contributed by atoms with Crippen LogP contribution in [0, 0.1) is 22.7 Å². The first-order valence-electron chi connectivity index (χ1n) is 11.3. The molecule has 0 radical (unpaired) electrons. The van der Waals surface area contributed by atoms with Gasteiger partial charge in [0.05, 0.1) is 35.5 Å².